The first kappa shape index (κ1) is 12.8. The molecular weight excluding hydrogens is 268 g/mol. The Morgan fingerprint density at radius 2 is 1.89 bits per heavy atom. The van der Waals surface area contributed by atoms with Crippen molar-refractivity contribution in [2.45, 2.75) is 4.90 Å². The van der Waals surface area contributed by atoms with Crippen LogP contribution in [0.4, 0.5) is 0 Å². The highest BCUT2D eigenvalue weighted by Gasteiger charge is 2.22. The molecule has 0 fully saturated rings. The minimum Gasteiger partial charge on any atom is -0.387 e. The lowest BCUT2D eigenvalue weighted by Crippen LogP contribution is -2.01. The molecule has 6 nitrogen and oxygen atoms in total. The highest BCUT2D eigenvalue weighted by molar-refractivity contribution is 7.90. The van der Waals surface area contributed by atoms with Crippen molar-refractivity contribution in [3.8, 4) is 12.0 Å². The Labute approximate surface area is 108 Å². The summed E-state index contributed by atoms with van der Waals surface area (Å²) in [6, 6.07) is 9.51. The zero-order valence-electron chi connectivity index (χ0n) is 9.40. The number of isocyanates is 1. The fourth-order valence-corrected chi connectivity index (χ4v) is 2.73. The Hall–Kier alpha value is -2.68. The number of sulfonamides is 1. The van der Waals surface area contributed by atoms with Gasteiger partial charge >= 0.3 is 0 Å². The standard InChI is InChI=1S/C12H6N2O4S/c13-7-18-11-6-5-9-3-1-2-4-10(9)12(11)19(16,17)14-8-15/h1-6H. The average molecular weight is 274 g/mol. The van der Waals surface area contributed by atoms with E-state index in [1.165, 1.54) is 18.4 Å². The molecule has 0 amide bonds. The van der Waals surface area contributed by atoms with E-state index in [0.717, 1.165) is 6.08 Å². The van der Waals surface area contributed by atoms with Crippen LogP contribution in [0.15, 0.2) is 45.7 Å². The van der Waals surface area contributed by atoms with Gasteiger partial charge in [0.2, 0.25) is 0 Å². The van der Waals surface area contributed by atoms with Gasteiger partial charge in [0.15, 0.2) is 5.75 Å². The first-order chi connectivity index (χ1) is 9.10. The molecule has 19 heavy (non-hydrogen) atoms. The highest BCUT2D eigenvalue weighted by Crippen LogP contribution is 2.33. The van der Waals surface area contributed by atoms with Gasteiger partial charge in [0.25, 0.3) is 22.4 Å². The minimum absolute atomic E-state index is 0.180. The molecule has 2 aromatic carbocycles. The third-order valence-corrected chi connectivity index (χ3v) is 3.67. The summed E-state index contributed by atoms with van der Waals surface area (Å²) in [5, 5.41) is 9.47. The predicted octanol–water partition coefficient (Wildman–Crippen LogP) is 1.72. The van der Waals surface area contributed by atoms with Crippen molar-refractivity contribution in [1.29, 1.82) is 5.26 Å². The van der Waals surface area contributed by atoms with E-state index in [4.69, 9.17) is 5.26 Å². The average Bonchev–Trinajstić information content (AvgIpc) is 2.38. The lowest BCUT2D eigenvalue weighted by molar-refractivity contribution is 0.492. The van der Waals surface area contributed by atoms with Crippen LogP contribution in [0.3, 0.4) is 0 Å². The maximum Gasteiger partial charge on any atom is 0.297 e. The van der Waals surface area contributed by atoms with Gasteiger partial charge in [0, 0.05) is 5.39 Å². The Bertz CT molecular complexity index is 830. The van der Waals surface area contributed by atoms with Crippen molar-refractivity contribution < 1.29 is 17.9 Å². The second kappa shape index (κ2) is 4.90. The topological polar surface area (TPSA) is 96.6 Å². The van der Waals surface area contributed by atoms with E-state index < -0.39 is 10.0 Å². The molecule has 0 aliphatic rings. The molecule has 2 aromatic rings. The number of carbonyl (C=O) groups excluding carboxylic acids is 1. The summed E-state index contributed by atoms with van der Waals surface area (Å²) >= 11 is 0. The van der Waals surface area contributed by atoms with Gasteiger partial charge in [-0.05, 0) is 11.5 Å². The molecule has 7 heteroatoms. The van der Waals surface area contributed by atoms with E-state index in [-0.39, 0.29) is 10.6 Å². The quantitative estimate of drug-likeness (QED) is 0.482. The Balaban J connectivity index is 2.92. The fourth-order valence-electron chi connectivity index (χ4n) is 1.71. The van der Waals surface area contributed by atoms with Crippen molar-refractivity contribution in [3.05, 3.63) is 36.4 Å². The highest BCUT2D eigenvalue weighted by atomic mass is 32.2. The number of ether oxygens (including phenoxy) is 1. The first-order valence-corrected chi connectivity index (χ1v) is 6.46. The second-order valence-corrected chi connectivity index (χ2v) is 5.01. The number of fused-ring (bicyclic) bond motifs is 1. The van der Waals surface area contributed by atoms with Crippen molar-refractivity contribution in [3.63, 3.8) is 0 Å². The molecule has 0 N–H and O–H groups in total. The number of hydrogen-bond acceptors (Lipinski definition) is 5. The van der Waals surface area contributed by atoms with E-state index >= 15 is 0 Å². The number of nitrogens with zero attached hydrogens (tertiary/aromatic N) is 2. The first-order valence-electron chi connectivity index (χ1n) is 5.02. The van der Waals surface area contributed by atoms with Gasteiger partial charge in [0.1, 0.15) is 4.90 Å². The van der Waals surface area contributed by atoms with Gasteiger partial charge in [0.05, 0.1) is 0 Å². The normalized spacial score (nSPS) is 10.5. The van der Waals surface area contributed by atoms with E-state index in [2.05, 4.69) is 9.13 Å². The Morgan fingerprint density at radius 3 is 2.58 bits per heavy atom. The summed E-state index contributed by atoms with van der Waals surface area (Å²) in [5.41, 5.74) is 0. The van der Waals surface area contributed by atoms with Crippen LogP contribution in [0.5, 0.6) is 5.75 Å². The minimum atomic E-state index is -4.26. The van der Waals surface area contributed by atoms with Gasteiger partial charge in [-0.15, -0.1) is 5.26 Å². The predicted molar refractivity (Wildman–Crippen MR) is 65.5 cm³/mol. The summed E-state index contributed by atoms with van der Waals surface area (Å²) in [6.45, 7) is 0. The Morgan fingerprint density at radius 1 is 1.16 bits per heavy atom. The van der Waals surface area contributed by atoms with Gasteiger partial charge in [-0.25, -0.2) is 4.79 Å². The summed E-state index contributed by atoms with van der Waals surface area (Å²) in [5.74, 6) is -0.180. The van der Waals surface area contributed by atoms with E-state index in [0.29, 0.717) is 10.8 Å². The molecule has 0 aromatic heterocycles. The molecule has 0 aliphatic carbocycles. The van der Waals surface area contributed by atoms with Crippen molar-refractivity contribution >= 4 is 26.9 Å². The van der Waals surface area contributed by atoms with Gasteiger partial charge < -0.3 is 4.74 Å². The maximum absolute atomic E-state index is 11.9. The molecule has 0 saturated carbocycles. The molecule has 0 bridgehead atoms. The van der Waals surface area contributed by atoms with Crippen LogP contribution in [0, 0.1) is 11.5 Å². The molecule has 0 aliphatic heterocycles. The molecule has 0 heterocycles. The van der Waals surface area contributed by atoms with Crippen LogP contribution in [0.25, 0.3) is 10.8 Å². The summed E-state index contributed by atoms with van der Waals surface area (Å²) in [4.78, 5) is 9.90. The summed E-state index contributed by atoms with van der Waals surface area (Å²) < 4.78 is 31.3. The largest absolute Gasteiger partial charge is 0.387 e. The molecule has 0 atom stereocenters. The van der Waals surface area contributed by atoms with Crippen LogP contribution in [-0.4, -0.2) is 14.5 Å². The van der Waals surface area contributed by atoms with Crippen LogP contribution in [0.2, 0.25) is 0 Å². The van der Waals surface area contributed by atoms with Crippen molar-refractivity contribution in [1.82, 2.24) is 0 Å². The van der Waals surface area contributed by atoms with Crippen LogP contribution < -0.4 is 4.74 Å². The molecule has 94 valence electrons. The van der Waals surface area contributed by atoms with E-state index in [1.54, 1.807) is 24.3 Å². The van der Waals surface area contributed by atoms with Crippen LogP contribution in [0.1, 0.15) is 0 Å². The zero-order valence-corrected chi connectivity index (χ0v) is 10.2. The number of rotatable bonds is 3. The van der Waals surface area contributed by atoms with Gasteiger partial charge in [-0.3, -0.25) is 0 Å². The SMILES string of the molecule is N#COc1ccc2ccccc2c1S(=O)(=O)N=C=O. The third kappa shape index (κ3) is 2.31. The summed E-state index contributed by atoms with van der Waals surface area (Å²) in [6.07, 6.45) is 2.39. The molecule has 2 rings (SSSR count). The number of benzene rings is 2. The zero-order chi connectivity index (χ0) is 13.9. The fraction of sp³-hybridized carbons (Fsp3) is 0. The molecule has 0 unspecified atom stereocenters. The monoisotopic (exact) mass is 274 g/mol. The third-order valence-electron chi connectivity index (χ3n) is 2.41. The second-order valence-electron chi connectivity index (χ2n) is 3.46. The number of nitriles is 1. The van der Waals surface area contributed by atoms with E-state index in [1.807, 2.05) is 0 Å². The molecule has 0 spiro atoms. The van der Waals surface area contributed by atoms with Crippen molar-refractivity contribution in [2.24, 2.45) is 4.40 Å². The molecular formula is C12H6N2O4S. The maximum atomic E-state index is 11.9. The molecule has 0 saturated heterocycles. The Kier molecular flexibility index (Phi) is 3.29. The number of hydrogen-bond donors (Lipinski definition) is 0. The van der Waals surface area contributed by atoms with Gasteiger partial charge in [-0.1, -0.05) is 34.7 Å². The molecule has 0 radical (unpaired) electrons. The summed E-state index contributed by atoms with van der Waals surface area (Å²) in [7, 11) is -4.26. The van der Waals surface area contributed by atoms with E-state index in [9.17, 15) is 13.2 Å². The smallest absolute Gasteiger partial charge is 0.297 e. The van der Waals surface area contributed by atoms with Crippen LogP contribution in [-0.2, 0) is 14.8 Å². The van der Waals surface area contributed by atoms with Crippen molar-refractivity contribution in [2.75, 3.05) is 0 Å². The lowest BCUT2D eigenvalue weighted by atomic mass is 10.1. The van der Waals surface area contributed by atoms with Gasteiger partial charge in [-0.2, -0.15) is 8.42 Å². The van der Waals surface area contributed by atoms with Crippen LogP contribution >= 0.6 is 0 Å². The lowest BCUT2D eigenvalue weighted by Gasteiger charge is -2.07.